The molecule has 3 rings (SSSR count). The number of H-pyrrole nitrogens is 1. The molecule has 0 radical (unpaired) electrons. The second-order valence-electron chi connectivity index (χ2n) is 5.30. The van der Waals surface area contributed by atoms with Gasteiger partial charge in [0.2, 0.25) is 0 Å². The third kappa shape index (κ3) is 2.91. The normalized spacial score (nSPS) is 10.5. The number of anilines is 1. The molecular formula is C17H16N4O2. The van der Waals surface area contributed by atoms with Crippen LogP contribution in [-0.2, 0) is 0 Å². The van der Waals surface area contributed by atoms with E-state index in [4.69, 9.17) is 0 Å². The molecule has 0 aliphatic heterocycles. The Balaban J connectivity index is 2.12. The zero-order chi connectivity index (χ0) is 16.4. The van der Waals surface area contributed by atoms with Crippen LogP contribution in [0.4, 0.5) is 10.5 Å². The molecule has 0 saturated heterocycles. The molecule has 23 heavy (non-hydrogen) atoms. The van der Waals surface area contributed by atoms with Gasteiger partial charge < -0.3 is 15.2 Å². The van der Waals surface area contributed by atoms with Gasteiger partial charge in [0.25, 0.3) is 5.56 Å². The van der Waals surface area contributed by atoms with Gasteiger partial charge >= 0.3 is 6.03 Å². The first-order valence-electron chi connectivity index (χ1n) is 7.13. The number of para-hydroxylation sites is 2. The van der Waals surface area contributed by atoms with Crippen LogP contribution in [0.15, 0.2) is 53.3 Å². The number of rotatable bonds is 2. The molecule has 0 bridgehead atoms. The van der Waals surface area contributed by atoms with Crippen molar-refractivity contribution in [1.82, 2.24) is 14.9 Å². The minimum atomic E-state index is -0.249. The quantitative estimate of drug-likeness (QED) is 0.764. The lowest BCUT2D eigenvalue weighted by atomic mass is 10.1. The zero-order valence-corrected chi connectivity index (χ0v) is 12.8. The Kier molecular flexibility index (Phi) is 3.80. The van der Waals surface area contributed by atoms with E-state index in [-0.39, 0.29) is 11.6 Å². The molecule has 0 aliphatic carbocycles. The Morgan fingerprint density at radius 2 is 1.78 bits per heavy atom. The smallest absolute Gasteiger partial charge is 0.321 e. The van der Waals surface area contributed by atoms with E-state index in [1.54, 1.807) is 44.4 Å². The Hall–Kier alpha value is -3.15. The molecule has 0 aliphatic rings. The van der Waals surface area contributed by atoms with E-state index >= 15 is 0 Å². The average Bonchev–Trinajstić information content (AvgIpc) is 2.55. The van der Waals surface area contributed by atoms with Gasteiger partial charge in [-0.2, -0.15) is 0 Å². The summed E-state index contributed by atoms with van der Waals surface area (Å²) in [4.78, 5) is 32.8. The van der Waals surface area contributed by atoms with Gasteiger partial charge in [-0.05, 0) is 24.3 Å². The molecule has 1 aromatic heterocycles. The summed E-state index contributed by atoms with van der Waals surface area (Å²) in [6.07, 6.45) is 0. The van der Waals surface area contributed by atoms with Crippen LogP contribution in [0.2, 0.25) is 0 Å². The van der Waals surface area contributed by atoms with Crippen LogP contribution in [0.25, 0.3) is 22.3 Å². The van der Waals surface area contributed by atoms with Crippen molar-refractivity contribution >= 4 is 22.6 Å². The van der Waals surface area contributed by atoms with Crippen molar-refractivity contribution in [2.24, 2.45) is 0 Å². The molecule has 6 heteroatoms. The van der Waals surface area contributed by atoms with Crippen LogP contribution in [0, 0.1) is 0 Å². The van der Waals surface area contributed by atoms with E-state index in [1.807, 2.05) is 18.2 Å². The number of aromatic amines is 1. The summed E-state index contributed by atoms with van der Waals surface area (Å²) in [7, 11) is 3.32. The highest BCUT2D eigenvalue weighted by Crippen LogP contribution is 2.25. The molecule has 0 atom stereocenters. The number of hydrogen-bond donors (Lipinski definition) is 2. The van der Waals surface area contributed by atoms with Gasteiger partial charge in [0.15, 0.2) is 0 Å². The third-order valence-electron chi connectivity index (χ3n) is 3.44. The third-order valence-corrected chi connectivity index (χ3v) is 3.44. The standard InChI is InChI=1S/C17H16N4O2/c1-21(2)17(23)19-13-9-5-3-7-11(13)15-18-14-10-6-4-8-12(14)16(22)20-15/h3-10H,1-2H3,(H,19,23)(H,18,20,22). The summed E-state index contributed by atoms with van der Waals surface area (Å²) < 4.78 is 0. The number of fused-ring (bicyclic) bond motifs is 1. The average molecular weight is 308 g/mol. The van der Waals surface area contributed by atoms with E-state index in [2.05, 4.69) is 15.3 Å². The van der Waals surface area contributed by atoms with E-state index in [1.165, 1.54) is 4.90 Å². The number of nitrogens with zero attached hydrogens (tertiary/aromatic N) is 2. The predicted molar refractivity (Wildman–Crippen MR) is 90.5 cm³/mol. The molecule has 2 amide bonds. The van der Waals surface area contributed by atoms with Gasteiger partial charge in [-0.15, -0.1) is 0 Å². The lowest BCUT2D eigenvalue weighted by molar-refractivity contribution is 0.230. The molecule has 2 N–H and O–H groups in total. The second-order valence-corrected chi connectivity index (χ2v) is 5.30. The molecule has 116 valence electrons. The Bertz CT molecular complexity index is 931. The lowest BCUT2D eigenvalue weighted by Crippen LogP contribution is -2.27. The molecule has 1 heterocycles. The van der Waals surface area contributed by atoms with Gasteiger partial charge in [-0.3, -0.25) is 4.79 Å². The fourth-order valence-electron chi connectivity index (χ4n) is 2.24. The maximum absolute atomic E-state index is 12.2. The van der Waals surface area contributed by atoms with Crippen LogP contribution in [0.1, 0.15) is 0 Å². The van der Waals surface area contributed by atoms with E-state index in [0.717, 1.165) is 0 Å². The number of amides is 2. The first-order valence-corrected chi connectivity index (χ1v) is 7.13. The van der Waals surface area contributed by atoms with Gasteiger partial charge in [0, 0.05) is 19.7 Å². The van der Waals surface area contributed by atoms with Crippen LogP contribution in [-0.4, -0.2) is 35.0 Å². The molecule has 2 aromatic carbocycles. The molecular weight excluding hydrogens is 292 g/mol. The summed E-state index contributed by atoms with van der Waals surface area (Å²) in [5.74, 6) is 0.420. The molecule has 6 nitrogen and oxygen atoms in total. The van der Waals surface area contributed by atoms with Gasteiger partial charge in [0.05, 0.1) is 16.6 Å². The number of aromatic nitrogens is 2. The van der Waals surface area contributed by atoms with Crippen molar-refractivity contribution in [2.75, 3.05) is 19.4 Å². The van der Waals surface area contributed by atoms with E-state index in [9.17, 15) is 9.59 Å². The number of carbonyl (C=O) groups excluding carboxylic acids is 1. The van der Waals surface area contributed by atoms with Crippen LogP contribution < -0.4 is 10.9 Å². The van der Waals surface area contributed by atoms with Crippen LogP contribution in [0.3, 0.4) is 0 Å². The van der Waals surface area contributed by atoms with Crippen molar-refractivity contribution in [2.45, 2.75) is 0 Å². The molecule has 0 saturated carbocycles. The fraction of sp³-hybridized carbons (Fsp3) is 0.118. The number of hydrogen-bond acceptors (Lipinski definition) is 3. The molecule has 0 unspecified atom stereocenters. The largest absolute Gasteiger partial charge is 0.331 e. The minimum absolute atomic E-state index is 0.209. The van der Waals surface area contributed by atoms with Crippen LogP contribution >= 0.6 is 0 Å². The summed E-state index contributed by atoms with van der Waals surface area (Å²) in [5, 5.41) is 3.33. The number of benzene rings is 2. The number of urea groups is 1. The first-order chi connectivity index (χ1) is 11.1. The van der Waals surface area contributed by atoms with Crippen molar-refractivity contribution in [3.8, 4) is 11.4 Å². The summed E-state index contributed by atoms with van der Waals surface area (Å²) in [6.45, 7) is 0. The SMILES string of the molecule is CN(C)C(=O)Nc1ccccc1-c1nc2ccccc2c(=O)[nH]1. The fourth-order valence-corrected chi connectivity index (χ4v) is 2.24. The van der Waals surface area contributed by atoms with Gasteiger partial charge in [-0.1, -0.05) is 24.3 Å². The number of carbonyl (C=O) groups is 1. The monoisotopic (exact) mass is 308 g/mol. The topological polar surface area (TPSA) is 78.1 Å². The zero-order valence-electron chi connectivity index (χ0n) is 12.8. The highest BCUT2D eigenvalue weighted by atomic mass is 16.2. The molecule has 3 aromatic rings. The highest BCUT2D eigenvalue weighted by Gasteiger charge is 2.12. The molecule has 0 fully saturated rings. The number of nitrogens with one attached hydrogen (secondary N) is 2. The minimum Gasteiger partial charge on any atom is -0.331 e. The predicted octanol–water partition coefficient (Wildman–Crippen LogP) is 2.68. The summed E-state index contributed by atoms with van der Waals surface area (Å²) in [6, 6.07) is 14.1. The van der Waals surface area contributed by atoms with Crippen molar-refractivity contribution in [1.29, 1.82) is 0 Å². The van der Waals surface area contributed by atoms with Gasteiger partial charge in [0.1, 0.15) is 5.82 Å². The Morgan fingerprint density at radius 3 is 2.57 bits per heavy atom. The summed E-state index contributed by atoms with van der Waals surface area (Å²) in [5.41, 5.74) is 1.65. The maximum Gasteiger partial charge on any atom is 0.321 e. The second kappa shape index (κ2) is 5.92. The first kappa shape index (κ1) is 14.8. The maximum atomic E-state index is 12.2. The highest BCUT2D eigenvalue weighted by molar-refractivity contribution is 5.93. The van der Waals surface area contributed by atoms with E-state index < -0.39 is 0 Å². The Labute approximate surface area is 132 Å². The van der Waals surface area contributed by atoms with Crippen LogP contribution in [0.5, 0.6) is 0 Å². The van der Waals surface area contributed by atoms with Gasteiger partial charge in [-0.25, -0.2) is 9.78 Å². The Morgan fingerprint density at radius 1 is 1.09 bits per heavy atom. The van der Waals surface area contributed by atoms with E-state index in [0.29, 0.717) is 28.0 Å². The van der Waals surface area contributed by atoms with Crippen molar-refractivity contribution in [3.05, 3.63) is 58.9 Å². The summed E-state index contributed by atoms with van der Waals surface area (Å²) >= 11 is 0. The lowest BCUT2D eigenvalue weighted by Gasteiger charge is -2.14. The van der Waals surface area contributed by atoms with Crippen molar-refractivity contribution < 1.29 is 4.79 Å². The molecule has 0 spiro atoms. The van der Waals surface area contributed by atoms with Crippen molar-refractivity contribution in [3.63, 3.8) is 0 Å².